The van der Waals surface area contributed by atoms with Crippen LogP contribution in [0.4, 0.5) is 0 Å². The van der Waals surface area contributed by atoms with E-state index in [1.807, 2.05) is 18.2 Å². The molecule has 0 aromatic heterocycles. The SMILES string of the molecule is O=C(O)[C@@H](C1CCCC1)N1C[C@H](CO)[C@@H](c2ccccc2)C1. The van der Waals surface area contributed by atoms with E-state index < -0.39 is 5.97 Å². The second kappa shape index (κ2) is 6.80. The summed E-state index contributed by atoms with van der Waals surface area (Å²) >= 11 is 0. The van der Waals surface area contributed by atoms with Gasteiger partial charge in [0.05, 0.1) is 0 Å². The maximum Gasteiger partial charge on any atom is 0.321 e. The van der Waals surface area contributed by atoms with Crippen molar-refractivity contribution in [2.75, 3.05) is 19.7 Å². The summed E-state index contributed by atoms with van der Waals surface area (Å²) in [4.78, 5) is 13.9. The summed E-state index contributed by atoms with van der Waals surface area (Å²) in [7, 11) is 0. The standard InChI is InChI=1S/C18H25NO3/c20-12-15-10-19(11-16(15)13-6-2-1-3-7-13)17(18(21)22)14-8-4-5-9-14/h1-3,6-7,14-17,20H,4-5,8-12H2,(H,21,22)/t15-,16-,17-/m1/s1. The number of hydrogen-bond donors (Lipinski definition) is 2. The third-order valence-corrected chi connectivity index (χ3v) is 5.42. The predicted molar refractivity (Wildman–Crippen MR) is 84.7 cm³/mol. The van der Waals surface area contributed by atoms with Crippen LogP contribution in [0.1, 0.15) is 37.2 Å². The maximum atomic E-state index is 11.8. The molecule has 0 radical (unpaired) electrons. The van der Waals surface area contributed by atoms with Crippen molar-refractivity contribution in [2.45, 2.75) is 37.6 Å². The molecule has 3 rings (SSSR count). The summed E-state index contributed by atoms with van der Waals surface area (Å²) < 4.78 is 0. The summed E-state index contributed by atoms with van der Waals surface area (Å²) in [5.41, 5.74) is 1.21. The molecule has 0 unspecified atom stereocenters. The average molecular weight is 303 g/mol. The van der Waals surface area contributed by atoms with E-state index in [-0.39, 0.29) is 30.4 Å². The smallest absolute Gasteiger partial charge is 0.321 e. The van der Waals surface area contributed by atoms with E-state index in [9.17, 15) is 15.0 Å². The molecule has 2 aliphatic rings. The molecule has 3 atom stereocenters. The molecule has 120 valence electrons. The number of benzene rings is 1. The summed E-state index contributed by atoms with van der Waals surface area (Å²) in [5, 5.41) is 19.4. The van der Waals surface area contributed by atoms with Gasteiger partial charge in [-0.15, -0.1) is 0 Å². The van der Waals surface area contributed by atoms with Gasteiger partial charge in [-0.25, -0.2) is 0 Å². The summed E-state index contributed by atoms with van der Waals surface area (Å²) in [6, 6.07) is 9.80. The lowest BCUT2D eigenvalue weighted by Gasteiger charge is -2.29. The van der Waals surface area contributed by atoms with Crippen LogP contribution in [0.3, 0.4) is 0 Å². The van der Waals surface area contributed by atoms with Crippen LogP contribution in [0.25, 0.3) is 0 Å². The molecule has 1 aliphatic heterocycles. The van der Waals surface area contributed by atoms with Gasteiger partial charge in [-0.2, -0.15) is 0 Å². The molecule has 22 heavy (non-hydrogen) atoms. The lowest BCUT2D eigenvalue weighted by molar-refractivity contribution is -0.145. The number of carboxylic acid groups (broad SMARTS) is 1. The number of aliphatic carboxylic acids is 1. The van der Waals surface area contributed by atoms with Gasteiger partial charge in [0.2, 0.25) is 0 Å². The minimum absolute atomic E-state index is 0.118. The van der Waals surface area contributed by atoms with Gasteiger partial charge in [-0.05, 0) is 24.3 Å². The number of hydrogen-bond acceptors (Lipinski definition) is 3. The maximum absolute atomic E-state index is 11.8. The number of nitrogens with zero attached hydrogens (tertiary/aromatic N) is 1. The van der Waals surface area contributed by atoms with Gasteiger partial charge >= 0.3 is 5.97 Å². The monoisotopic (exact) mass is 303 g/mol. The number of likely N-dealkylation sites (tertiary alicyclic amines) is 1. The van der Waals surface area contributed by atoms with Crippen LogP contribution in [-0.4, -0.2) is 46.8 Å². The lowest BCUT2D eigenvalue weighted by atomic mass is 9.90. The first kappa shape index (κ1) is 15.5. The number of aliphatic hydroxyl groups is 1. The van der Waals surface area contributed by atoms with Crippen molar-refractivity contribution in [3.63, 3.8) is 0 Å². The van der Waals surface area contributed by atoms with E-state index in [0.717, 1.165) is 32.2 Å². The van der Waals surface area contributed by atoms with Gasteiger partial charge in [0, 0.05) is 31.5 Å². The summed E-state index contributed by atoms with van der Waals surface area (Å²) in [5.74, 6) is -0.0660. The Morgan fingerprint density at radius 1 is 1.18 bits per heavy atom. The Bertz CT molecular complexity index is 498. The Morgan fingerprint density at radius 3 is 2.45 bits per heavy atom. The first-order valence-corrected chi connectivity index (χ1v) is 8.33. The van der Waals surface area contributed by atoms with E-state index >= 15 is 0 Å². The van der Waals surface area contributed by atoms with Crippen molar-refractivity contribution in [1.82, 2.24) is 4.90 Å². The van der Waals surface area contributed by atoms with Crippen LogP contribution < -0.4 is 0 Å². The van der Waals surface area contributed by atoms with Crippen LogP contribution >= 0.6 is 0 Å². The fraction of sp³-hybridized carbons (Fsp3) is 0.611. The van der Waals surface area contributed by atoms with Crippen LogP contribution in [0.15, 0.2) is 30.3 Å². The van der Waals surface area contributed by atoms with Crippen LogP contribution in [0.2, 0.25) is 0 Å². The Hall–Kier alpha value is -1.39. The normalized spacial score (nSPS) is 28.0. The molecule has 4 nitrogen and oxygen atoms in total. The van der Waals surface area contributed by atoms with Crippen LogP contribution in [-0.2, 0) is 4.79 Å². The van der Waals surface area contributed by atoms with Gasteiger partial charge in [0.15, 0.2) is 0 Å². The van der Waals surface area contributed by atoms with E-state index in [1.165, 1.54) is 5.56 Å². The number of carbonyl (C=O) groups is 1. The van der Waals surface area contributed by atoms with E-state index in [4.69, 9.17) is 0 Å². The van der Waals surface area contributed by atoms with Crippen molar-refractivity contribution in [2.24, 2.45) is 11.8 Å². The average Bonchev–Trinajstić information content (AvgIpc) is 3.18. The van der Waals surface area contributed by atoms with Crippen molar-refractivity contribution < 1.29 is 15.0 Å². The highest BCUT2D eigenvalue weighted by Gasteiger charge is 2.42. The van der Waals surface area contributed by atoms with E-state index in [1.54, 1.807) is 0 Å². The molecule has 1 aliphatic carbocycles. The van der Waals surface area contributed by atoms with Gasteiger partial charge < -0.3 is 10.2 Å². The largest absolute Gasteiger partial charge is 0.480 e. The third kappa shape index (κ3) is 3.03. The first-order chi connectivity index (χ1) is 10.7. The minimum Gasteiger partial charge on any atom is -0.480 e. The molecule has 1 heterocycles. The summed E-state index contributed by atoms with van der Waals surface area (Å²) in [6.45, 7) is 1.54. The quantitative estimate of drug-likeness (QED) is 0.876. The molecule has 1 saturated heterocycles. The molecule has 4 heteroatoms. The first-order valence-electron chi connectivity index (χ1n) is 8.33. The number of carboxylic acids is 1. The number of aliphatic hydroxyl groups excluding tert-OH is 1. The highest BCUT2D eigenvalue weighted by atomic mass is 16.4. The Labute approximate surface area is 131 Å². The Morgan fingerprint density at radius 2 is 1.86 bits per heavy atom. The molecule has 0 bridgehead atoms. The second-order valence-corrected chi connectivity index (χ2v) is 6.74. The fourth-order valence-electron chi connectivity index (χ4n) is 4.32. The summed E-state index contributed by atoms with van der Waals surface area (Å²) in [6.07, 6.45) is 4.34. The van der Waals surface area contributed by atoms with E-state index in [2.05, 4.69) is 17.0 Å². The Kier molecular flexibility index (Phi) is 4.79. The zero-order valence-corrected chi connectivity index (χ0v) is 12.9. The highest BCUT2D eigenvalue weighted by Crippen LogP contribution is 2.38. The fourth-order valence-corrected chi connectivity index (χ4v) is 4.32. The third-order valence-electron chi connectivity index (χ3n) is 5.42. The van der Waals surface area contributed by atoms with Crippen molar-refractivity contribution in [3.05, 3.63) is 35.9 Å². The zero-order valence-electron chi connectivity index (χ0n) is 12.9. The molecular weight excluding hydrogens is 278 g/mol. The number of rotatable bonds is 5. The molecule has 1 aromatic rings. The van der Waals surface area contributed by atoms with Gasteiger partial charge in [-0.3, -0.25) is 9.69 Å². The molecule has 1 aromatic carbocycles. The second-order valence-electron chi connectivity index (χ2n) is 6.74. The van der Waals surface area contributed by atoms with Gasteiger partial charge in [0.25, 0.3) is 0 Å². The van der Waals surface area contributed by atoms with Crippen molar-refractivity contribution in [1.29, 1.82) is 0 Å². The molecular formula is C18H25NO3. The highest BCUT2D eigenvalue weighted by molar-refractivity contribution is 5.74. The van der Waals surface area contributed by atoms with Gasteiger partial charge in [0.1, 0.15) is 6.04 Å². The van der Waals surface area contributed by atoms with Crippen LogP contribution in [0, 0.1) is 11.8 Å². The lowest BCUT2D eigenvalue weighted by Crippen LogP contribution is -2.44. The van der Waals surface area contributed by atoms with Crippen molar-refractivity contribution in [3.8, 4) is 0 Å². The topological polar surface area (TPSA) is 60.8 Å². The Balaban J connectivity index is 1.79. The van der Waals surface area contributed by atoms with Crippen molar-refractivity contribution >= 4 is 5.97 Å². The molecule has 0 spiro atoms. The predicted octanol–water partition coefficient (Wildman–Crippen LogP) is 2.34. The molecule has 2 N–H and O–H groups in total. The molecule has 0 amide bonds. The van der Waals surface area contributed by atoms with Gasteiger partial charge in [-0.1, -0.05) is 43.2 Å². The van der Waals surface area contributed by atoms with E-state index in [0.29, 0.717) is 6.54 Å². The molecule has 2 fully saturated rings. The molecule has 1 saturated carbocycles. The zero-order chi connectivity index (χ0) is 15.5. The minimum atomic E-state index is -0.697. The van der Waals surface area contributed by atoms with Crippen LogP contribution in [0.5, 0.6) is 0 Å².